The molecule has 0 saturated carbocycles. The smallest absolute Gasteiger partial charge is 0.114 e. The maximum absolute atomic E-state index is 9.18. The molecule has 0 bridgehead atoms. The second-order valence-corrected chi connectivity index (χ2v) is 5.50. The van der Waals surface area contributed by atoms with E-state index in [-0.39, 0.29) is 0 Å². The zero-order valence-electron chi connectivity index (χ0n) is 10.5. The van der Waals surface area contributed by atoms with Gasteiger partial charge in [0.15, 0.2) is 0 Å². The van der Waals surface area contributed by atoms with Crippen LogP contribution in [-0.4, -0.2) is 27.3 Å². The number of hydrogen-bond donors (Lipinski definition) is 1. The highest BCUT2D eigenvalue weighted by molar-refractivity contribution is 7.99. The van der Waals surface area contributed by atoms with Crippen molar-refractivity contribution < 1.29 is 0 Å². The van der Waals surface area contributed by atoms with Gasteiger partial charge in [-0.1, -0.05) is 0 Å². The van der Waals surface area contributed by atoms with Gasteiger partial charge in [0.05, 0.1) is 12.3 Å². The van der Waals surface area contributed by atoms with E-state index in [4.69, 9.17) is 0 Å². The highest BCUT2D eigenvalue weighted by atomic mass is 32.2. The van der Waals surface area contributed by atoms with Crippen molar-refractivity contribution in [2.24, 2.45) is 0 Å². The second-order valence-electron chi connectivity index (χ2n) is 4.39. The third-order valence-corrected chi connectivity index (χ3v) is 3.16. The molecule has 0 saturated heterocycles. The highest BCUT2D eigenvalue weighted by Gasteiger charge is 2.23. The summed E-state index contributed by atoms with van der Waals surface area (Å²) in [5, 5.41) is 13.4. The molecule has 0 fully saturated rings. The average Bonchev–Trinajstić information content (AvgIpc) is 2.29. The molecule has 0 aliphatic carbocycles. The molecule has 1 aromatic heterocycles. The molecular formula is C12H18N4S. The molecule has 0 spiro atoms. The normalized spacial score (nSPS) is 14.3. The fourth-order valence-electron chi connectivity index (χ4n) is 1.52. The lowest BCUT2D eigenvalue weighted by Crippen LogP contribution is -2.45. The summed E-state index contributed by atoms with van der Waals surface area (Å²) in [4.78, 5) is 8.19. The third kappa shape index (κ3) is 5.16. The van der Waals surface area contributed by atoms with E-state index in [9.17, 15) is 5.26 Å². The molecule has 0 aliphatic heterocycles. The monoisotopic (exact) mass is 250 g/mol. The lowest BCUT2D eigenvalue weighted by Gasteiger charge is -2.25. The summed E-state index contributed by atoms with van der Waals surface area (Å²) in [6.07, 6.45) is 5.86. The van der Waals surface area contributed by atoms with Crippen LogP contribution in [0.3, 0.4) is 0 Å². The fraction of sp³-hybridized carbons (Fsp3) is 0.583. The van der Waals surface area contributed by atoms with Gasteiger partial charge < -0.3 is 0 Å². The van der Waals surface area contributed by atoms with Gasteiger partial charge in [-0.05, 0) is 27.2 Å². The van der Waals surface area contributed by atoms with Crippen molar-refractivity contribution in [3.63, 3.8) is 0 Å². The van der Waals surface area contributed by atoms with Crippen molar-refractivity contribution >= 4 is 11.8 Å². The first-order valence-corrected chi connectivity index (χ1v) is 6.62. The van der Waals surface area contributed by atoms with E-state index >= 15 is 0 Å². The Kier molecular flexibility index (Phi) is 5.39. The molecule has 4 nitrogen and oxygen atoms in total. The number of thioether (sulfide) groups is 1. The van der Waals surface area contributed by atoms with Crippen LogP contribution in [0.5, 0.6) is 0 Å². The molecule has 1 N–H and O–H groups in total. The van der Waals surface area contributed by atoms with Crippen LogP contribution in [0.25, 0.3) is 0 Å². The molecule has 0 aromatic carbocycles. The summed E-state index contributed by atoms with van der Waals surface area (Å²) in [6.45, 7) is 6.03. The predicted octanol–water partition coefficient (Wildman–Crippen LogP) is 2.24. The number of nitrogens with one attached hydrogen (secondary N) is 1. The van der Waals surface area contributed by atoms with Crippen LogP contribution in [0, 0.1) is 11.3 Å². The van der Waals surface area contributed by atoms with E-state index in [0.717, 1.165) is 17.2 Å². The van der Waals surface area contributed by atoms with Crippen molar-refractivity contribution in [1.82, 2.24) is 15.3 Å². The number of nitriles is 1. The minimum Gasteiger partial charge on any atom is -0.297 e. The van der Waals surface area contributed by atoms with Gasteiger partial charge >= 0.3 is 0 Å². The molecule has 1 aromatic rings. The Labute approximate surface area is 107 Å². The lowest BCUT2D eigenvalue weighted by atomic mass is 10.0. The minimum atomic E-state index is -0.469. The molecule has 1 heterocycles. The Morgan fingerprint density at radius 2 is 2.29 bits per heavy atom. The molecule has 0 aliphatic rings. The van der Waals surface area contributed by atoms with Crippen LogP contribution in [0.2, 0.25) is 0 Å². The van der Waals surface area contributed by atoms with Crippen molar-refractivity contribution in [3.05, 3.63) is 18.6 Å². The van der Waals surface area contributed by atoms with E-state index < -0.39 is 5.54 Å². The quantitative estimate of drug-likeness (QED) is 0.785. The molecule has 0 amide bonds. The summed E-state index contributed by atoms with van der Waals surface area (Å²) in [7, 11) is 0. The predicted molar refractivity (Wildman–Crippen MR) is 69.7 cm³/mol. The van der Waals surface area contributed by atoms with Crippen molar-refractivity contribution in [2.75, 3.05) is 5.75 Å². The summed E-state index contributed by atoms with van der Waals surface area (Å²) in [6, 6.07) is 2.64. The van der Waals surface area contributed by atoms with Gasteiger partial charge in [-0.25, -0.2) is 4.98 Å². The molecule has 0 radical (unpaired) electrons. The zero-order chi connectivity index (χ0) is 12.7. The second kappa shape index (κ2) is 6.58. The van der Waals surface area contributed by atoms with Crippen LogP contribution in [-0.2, 0) is 0 Å². The molecule has 1 rings (SSSR count). The summed E-state index contributed by atoms with van der Waals surface area (Å²) in [5.41, 5.74) is -0.469. The fourth-order valence-corrected chi connectivity index (χ4v) is 2.51. The summed E-state index contributed by atoms with van der Waals surface area (Å²) in [5.74, 6) is 0.850. The first-order chi connectivity index (χ1) is 8.06. The molecule has 1 unspecified atom stereocenters. The first-order valence-electron chi connectivity index (χ1n) is 5.63. The average molecular weight is 250 g/mol. The Morgan fingerprint density at radius 3 is 2.82 bits per heavy atom. The van der Waals surface area contributed by atoms with Crippen LogP contribution < -0.4 is 5.32 Å². The SMILES string of the molecule is CC(C)NC(C)(C#N)CCSc1cnccn1. The van der Waals surface area contributed by atoms with Gasteiger partial charge in [0, 0.05) is 24.2 Å². The maximum atomic E-state index is 9.18. The van der Waals surface area contributed by atoms with Gasteiger partial charge in [-0.2, -0.15) is 5.26 Å². The van der Waals surface area contributed by atoms with E-state index in [1.54, 1.807) is 30.4 Å². The van der Waals surface area contributed by atoms with Crippen LogP contribution in [0.1, 0.15) is 27.2 Å². The Bertz CT molecular complexity index is 374. The van der Waals surface area contributed by atoms with Crippen molar-refractivity contribution in [3.8, 4) is 6.07 Å². The molecule has 1 atom stereocenters. The van der Waals surface area contributed by atoms with Gasteiger partial charge in [0.25, 0.3) is 0 Å². The number of rotatable bonds is 6. The lowest BCUT2D eigenvalue weighted by molar-refractivity contribution is 0.397. The van der Waals surface area contributed by atoms with Gasteiger partial charge in [-0.3, -0.25) is 10.3 Å². The van der Waals surface area contributed by atoms with E-state index in [2.05, 4.69) is 21.4 Å². The van der Waals surface area contributed by atoms with Gasteiger partial charge in [0.1, 0.15) is 10.6 Å². The highest BCUT2D eigenvalue weighted by Crippen LogP contribution is 2.19. The van der Waals surface area contributed by atoms with Gasteiger partial charge in [0.2, 0.25) is 0 Å². The summed E-state index contributed by atoms with van der Waals surface area (Å²) < 4.78 is 0. The zero-order valence-corrected chi connectivity index (χ0v) is 11.3. The molecular weight excluding hydrogens is 232 g/mol. The number of aromatic nitrogens is 2. The topological polar surface area (TPSA) is 61.6 Å². The van der Waals surface area contributed by atoms with Gasteiger partial charge in [-0.15, -0.1) is 11.8 Å². The van der Waals surface area contributed by atoms with Crippen LogP contribution >= 0.6 is 11.8 Å². The molecule has 92 valence electrons. The minimum absolute atomic E-state index is 0.307. The van der Waals surface area contributed by atoms with E-state index in [0.29, 0.717) is 6.04 Å². The third-order valence-electron chi connectivity index (χ3n) is 2.25. The van der Waals surface area contributed by atoms with Crippen LogP contribution in [0.15, 0.2) is 23.6 Å². The number of hydrogen-bond acceptors (Lipinski definition) is 5. The number of nitrogens with zero attached hydrogens (tertiary/aromatic N) is 3. The largest absolute Gasteiger partial charge is 0.297 e. The summed E-state index contributed by atoms with van der Waals surface area (Å²) >= 11 is 1.63. The first kappa shape index (κ1) is 13.9. The Hall–Kier alpha value is -1.12. The van der Waals surface area contributed by atoms with Crippen LogP contribution in [0.4, 0.5) is 0 Å². The van der Waals surface area contributed by atoms with Crippen molar-refractivity contribution in [2.45, 2.75) is 43.8 Å². The molecule has 17 heavy (non-hydrogen) atoms. The molecule has 5 heteroatoms. The standard InChI is InChI=1S/C12H18N4S/c1-10(2)16-12(3,9-13)4-7-17-11-8-14-5-6-15-11/h5-6,8,10,16H,4,7H2,1-3H3. The van der Waals surface area contributed by atoms with E-state index in [1.807, 2.05) is 20.8 Å². The maximum Gasteiger partial charge on any atom is 0.114 e. The Balaban J connectivity index is 2.41. The van der Waals surface area contributed by atoms with E-state index in [1.165, 1.54) is 0 Å². The Morgan fingerprint density at radius 1 is 1.53 bits per heavy atom. The van der Waals surface area contributed by atoms with Crippen molar-refractivity contribution in [1.29, 1.82) is 5.26 Å².